The average Bonchev–Trinajstić information content (AvgIpc) is 2.48. The lowest BCUT2D eigenvalue weighted by Gasteiger charge is -2.17. The first-order valence-electron chi connectivity index (χ1n) is 6.48. The third-order valence-corrected chi connectivity index (χ3v) is 4.95. The predicted octanol–water partition coefficient (Wildman–Crippen LogP) is 2.80. The van der Waals surface area contributed by atoms with E-state index in [1.807, 2.05) is 6.92 Å². The first-order chi connectivity index (χ1) is 10.3. The molecule has 2 aromatic rings. The zero-order valence-corrected chi connectivity index (χ0v) is 13.3. The fourth-order valence-corrected chi connectivity index (χ4v) is 3.25. The maximum atomic E-state index is 13.5. The van der Waals surface area contributed by atoms with Gasteiger partial charge in [0.1, 0.15) is 5.82 Å². The lowest BCUT2D eigenvalue weighted by molar-refractivity contribution is 0.258. The Hall–Kier alpha value is -1.47. The summed E-state index contributed by atoms with van der Waals surface area (Å²) in [5.41, 5.74) is 1.22. The van der Waals surface area contributed by atoms with E-state index in [0.29, 0.717) is 5.56 Å². The van der Waals surface area contributed by atoms with Crippen LogP contribution in [0, 0.1) is 12.7 Å². The molecule has 0 aliphatic rings. The van der Waals surface area contributed by atoms with Gasteiger partial charge in [-0.25, -0.2) is 17.5 Å². The summed E-state index contributed by atoms with van der Waals surface area (Å²) < 4.78 is 40.4. The number of benzene rings is 2. The molecule has 0 saturated carbocycles. The molecule has 2 rings (SSSR count). The van der Waals surface area contributed by atoms with E-state index >= 15 is 0 Å². The number of rotatable bonds is 5. The summed E-state index contributed by atoms with van der Waals surface area (Å²) in [7, 11) is -3.82. The van der Waals surface area contributed by atoms with Gasteiger partial charge in [0, 0.05) is 0 Å². The Kier molecular flexibility index (Phi) is 5.18. The van der Waals surface area contributed by atoms with Crippen LogP contribution in [0.4, 0.5) is 4.39 Å². The normalized spacial score (nSPS) is 13.1. The van der Waals surface area contributed by atoms with Crippen molar-refractivity contribution in [1.82, 2.24) is 4.72 Å². The Morgan fingerprint density at radius 2 is 1.86 bits per heavy atom. The van der Waals surface area contributed by atoms with Crippen LogP contribution in [0.3, 0.4) is 0 Å². The number of hydrogen-bond donors (Lipinski definition) is 2. The molecule has 0 aromatic heterocycles. The van der Waals surface area contributed by atoms with Crippen LogP contribution < -0.4 is 4.72 Å². The van der Waals surface area contributed by atoms with Crippen LogP contribution in [-0.2, 0) is 10.0 Å². The summed E-state index contributed by atoms with van der Waals surface area (Å²) in [6.45, 7) is 1.34. The van der Waals surface area contributed by atoms with Gasteiger partial charge in [0.05, 0.1) is 22.6 Å². The molecule has 0 bridgehead atoms. The Morgan fingerprint density at radius 1 is 1.23 bits per heavy atom. The highest BCUT2D eigenvalue weighted by molar-refractivity contribution is 7.89. The number of aliphatic hydroxyl groups is 1. The number of sulfonamides is 1. The van der Waals surface area contributed by atoms with E-state index in [2.05, 4.69) is 4.72 Å². The maximum Gasteiger partial charge on any atom is 0.241 e. The summed E-state index contributed by atoms with van der Waals surface area (Å²) in [6.07, 6.45) is 0. The van der Waals surface area contributed by atoms with Crippen LogP contribution in [0.2, 0.25) is 5.02 Å². The maximum absolute atomic E-state index is 13.5. The minimum atomic E-state index is -3.82. The fourth-order valence-electron chi connectivity index (χ4n) is 1.91. The molecule has 1 unspecified atom stereocenters. The van der Waals surface area contributed by atoms with E-state index in [4.69, 9.17) is 11.6 Å². The number of aryl methyl sites for hydroxylation is 1. The highest BCUT2D eigenvalue weighted by Gasteiger charge is 2.21. The van der Waals surface area contributed by atoms with Crippen LogP contribution >= 0.6 is 11.6 Å². The highest BCUT2D eigenvalue weighted by Crippen LogP contribution is 2.22. The van der Waals surface area contributed by atoms with Gasteiger partial charge in [-0.05, 0) is 36.8 Å². The predicted molar refractivity (Wildman–Crippen MR) is 82.7 cm³/mol. The minimum absolute atomic E-state index is 0.0677. The van der Waals surface area contributed by atoms with Crippen LogP contribution in [0.1, 0.15) is 17.2 Å². The fraction of sp³-hybridized carbons (Fsp3) is 0.200. The van der Waals surface area contributed by atoms with Crippen LogP contribution in [0.5, 0.6) is 0 Å². The summed E-state index contributed by atoms with van der Waals surface area (Å²) in [5, 5.41) is 9.34. The van der Waals surface area contributed by atoms with Crippen molar-refractivity contribution in [3.05, 3.63) is 64.4 Å². The van der Waals surface area contributed by atoms with Gasteiger partial charge in [0.2, 0.25) is 10.0 Å². The molecule has 7 heteroatoms. The zero-order chi connectivity index (χ0) is 16.3. The second kappa shape index (κ2) is 6.75. The van der Waals surface area contributed by atoms with Crippen molar-refractivity contribution in [1.29, 1.82) is 0 Å². The monoisotopic (exact) mass is 343 g/mol. The van der Waals surface area contributed by atoms with Crippen molar-refractivity contribution in [2.45, 2.75) is 17.9 Å². The van der Waals surface area contributed by atoms with Gasteiger partial charge in [-0.1, -0.05) is 35.4 Å². The molecule has 0 aliphatic carbocycles. The molecular formula is C15H15ClFNO3S. The molecule has 0 amide bonds. The lowest BCUT2D eigenvalue weighted by atomic mass is 10.1. The van der Waals surface area contributed by atoms with E-state index in [-0.39, 0.29) is 9.92 Å². The van der Waals surface area contributed by atoms with E-state index in [1.165, 1.54) is 24.3 Å². The molecule has 22 heavy (non-hydrogen) atoms. The van der Waals surface area contributed by atoms with Gasteiger partial charge in [-0.3, -0.25) is 0 Å². The van der Waals surface area contributed by atoms with Gasteiger partial charge >= 0.3 is 0 Å². The molecular weight excluding hydrogens is 329 g/mol. The zero-order valence-electron chi connectivity index (χ0n) is 11.8. The summed E-state index contributed by atoms with van der Waals surface area (Å²) in [4.78, 5) is 0.0750. The molecule has 0 radical (unpaired) electrons. The minimum Gasteiger partial charge on any atom is -0.394 e. The molecule has 0 heterocycles. The second-order valence-corrected chi connectivity index (χ2v) is 6.96. The molecule has 1 atom stereocenters. The van der Waals surface area contributed by atoms with Crippen molar-refractivity contribution in [3.8, 4) is 0 Å². The smallest absolute Gasteiger partial charge is 0.241 e. The van der Waals surface area contributed by atoms with E-state index in [9.17, 15) is 17.9 Å². The molecule has 2 aromatic carbocycles. The molecule has 0 spiro atoms. The Balaban J connectivity index is 2.29. The summed E-state index contributed by atoms with van der Waals surface area (Å²) in [5.74, 6) is -0.674. The quantitative estimate of drug-likeness (QED) is 0.877. The van der Waals surface area contributed by atoms with Gasteiger partial charge in [0.15, 0.2) is 0 Å². The van der Waals surface area contributed by atoms with E-state index < -0.39 is 28.5 Å². The number of nitrogens with one attached hydrogen (secondary N) is 1. The van der Waals surface area contributed by atoms with Crippen molar-refractivity contribution in [3.63, 3.8) is 0 Å². The standard InChI is InChI=1S/C15H15ClFNO3S/c1-10-2-5-12(6-3-10)22(20,21)18-15(9-19)11-4-7-13(16)14(17)8-11/h2-8,15,18-19H,9H2,1H3. The van der Waals surface area contributed by atoms with E-state index in [0.717, 1.165) is 11.6 Å². The summed E-state index contributed by atoms with van der Waals surface area (Å²) in [6, 6.07) is 9.19. The summed E-state index contributed by atoms with van der Waals surface area (Å²) >= 11 is 5.60. The first-order valence-corrected chi connectivity index (χ1v) is 8.34. The molecule has 4 nitrogen and oxygen atoms in total. The van der Waals surface area contributed by atoms with Crippen molar-refractivity contribution < 1.29 is 17.9 Å². The largest absolute Gasteiger partial charge is 0.394 e. The van der Waals surface area contributed by atoms with Gasteiger partial charge < -0.3 is 5.11 Å². The topological polar surface area (TPSA) is 66.4 Å². The van der Waals surface area contributed by atoms with Crippen molar-refractivity contribution >= 4 is 21.6 Å². The Labute approximate surface area is 133 Å². The molecule has 0 fully saturated rings. The highest BCUT2D eigenvalue weighted by atomic mass is 35.5. The SMILES string of the molecule is Cc1ccc(S(=O)(=O)NC(CO)c2ccc(Cl)c(F)c2)cc1. The van der Waals surface area contributed by atoms with Crippen LogP contribution in [-0.4, -0.2) is 20.1 Å². The van der Waals surface area contributed by atoms with Crippen molar-refractivity contribution in [2.24, 2.45) is 0 Å². The second-order valence-electron chi connectivity index (χ2n) is 4.84. The van der Waals surface area contributed by atoms with E-state index in [1.54, 1.807) is 12.1 Å². The third-order valence-electron chi connectivity index (χ3n) is 3.16. The Morgan fingerprint density at radius 3 is 2.41 bits per heavy atom. The number of aliphatic hydroxyl groups excluding tert-OH is 1. The number of halogens is 2. The first kappa shape index (κ1) is 16.9. The lowest BCUT2D eigenvalue weighted by Crippen LogP contribution is -2.31. The van der Waals surface area contributed by atoms with Crippen molar-refractivity contribution in [2.75, 3.05) is 6.61 Å². The third kappa shape index (κ3) is 3.84. The molecule has 2 N–H and O–H groups in total. The number of hydrogen-bond acceptors (Lipinski definition) is 3. The van der Waals surface area contributed by atoms with Gasteiger partial charge in [-0.2, -0.15) is 0 Å². The average molecular weight is 344 g/mol. The van der Waals surface area contributed by atoms with Crippen LogP contribution in [0.15, 0.2) is 47.4 Å². The van der Waals surface area contributed by atoms with Gasteiger partial charge in [-0.15, -0.1) is 0 Å². The Bertz CT molecular complexity index is 763. The molecule has 0 saturated heterocycles. The van der Waals surface area contributed by atoms with Gasteiger partial charge in [0.25, 0.3) is 0 Å². The molecule has 118 valence electrons. The van der Waals surface area contributed by atoms with Crippen LogP contribution in [0.25, 0.3) is 0 Å². The molecule has 0 aliphatic heterocycles.